The van der Waals surface area contributed by atoms with Crippen molar-refractivity contribution in [2.24, 2.45) is 0 Å². The lowest BCUT2D eigenvalue weighted by Gasteiger charge is -2.27. The van der Waals surface area contributed by atoms with Gasteiger partial charge in [-0.05, 0) is 6.92 Å². The van der Waals surface area contributed by atoms with Gasteiger partial charge in [0.15, 0.2) is 0 Å². The molecule has 1 fully saturated rings. The van der Waals surface area contributed by atoms with E-state index in [1.165, 1.54) is 16.8 Å². The molecule has 2 heterocycles. The van der Waals surface area contributed by atoms with E-state index in [0.717, 1.165) is 17.7 Å². The molecule has 0 aromatic carbocycles. The Labute approximate surface area is 110 Å². The number of amides is 1. The molecule has 1 saturated heterocycles. The van der Waals surface area contributed by atoms with Crippen LogP contribution in [0.3, 0.4) is 0 Å². The number of piperazine rings is 1. The first kappa shape index (κ1) is 13.5. The number of aromatic nitrogens is 2. The van der Waals surface area contributed by atoms with Crippen LogP contribution in [0.4, 0.5) is 0 Å². The average Bonchev–Trinajstić information content (AvgIpc) is 2.44. The van der Waals surface area contributed by atoms with Crippen molar-refractivity contribution >= 4 is 5.91 Å². The minimum Gasteiger partial charge on any atom is -0.339 e. The predicted octanol–water partition coefficient (Wildman–Crippen LogP) is -1.54. The Morgan fingerprint density at radius 2 is 2.00 bits per heavy atom. The Hall–Kier alpha value is -1.89. The molecular weight excluding hydrogens is 248 g/mol. The number of carbonyl (C=O) groups excluding carboxylic acids is 1. The van der Waals surface area contributed by atoms with Crippen molar-refractivity contribution in [3.8, 4) is 0 Å². The molecule has 0 atom stereocenters. The molecule has 0 bridgehead atoms. The summed E-state index contributed by atoms with van der Waals surface area (Å²) >= 11 is 0. The number of aryl methyl sites for hydroxylation is 1. The molecule has 0 saturated carbocycles. The first-order valence-corrected chi connectivity index (χ1v) is 6.42. The Kier molecular flexibility index (Phi) is 4.16. The van der Waals surface area contributed by atoms with Gasteiger partial charge in [0.05, 0.1) is 0 Å². The summed E-state index contributed by atoms with van der Waals surface area (Å²) in [5.41, 5.74) is -0.864. The van der Waals surface area contributed by atoms with Crippen LogP contribution in [0.1, 0.15) is 6.92 Å². The zero-order valence-corrected chi connectivity index (χ0v) is 11.0. The lowest BCUT2D eigenvalue weighted by atomic mass is 10.3. The molecule has 0 spiro atoms. The quantitative estimate of drug-likeness (QED) is 0.719. The van der Waals surface area contributed by atoms with Crippen LogP contribution in [0.25, 0.3) is 0 Å². The molecule has 0 radical (unpaired) electrons. The van der Waals surface area contributed by atoms with Crippen molar-refractivity contribution in [3.63, 3.8) is 0 Å². The van der Waals surface area contributed by atoms with E-state index < -0.39 is 11.2 Å². The third-order valence-corrected chi connectivity index (χ3v) is 3.24. The molecule has 0 unspecified atom stereocenters. The van der Waals surface area contributed by atoms with Crippen molar-refractivity contribution in [1.29, 1.82) is 0 Å². The van der Waals surface area contributed by atoms with Gasteiger partial charge in [-0.15, -0.1) is 0 Å². The molecule has 0 aliphatic carbocycles. The van der Waals surface area contributed by atoms with Crippen LogP contribution in [0.2, 0.25) is 0 Å². The molecule has 1 aromatic rings. The Morgan fingerprint density at radius 3 is 2.63 bits per heavy atom. The summed E-state index contributed by atoms with van der Waals surface area (Å²) in [7, 11) is 0. The molecule has 7 heteroatoms. The minimum atomic E-state index is -0.432. The van der Waals surface area contributed by atoms with Crippen LogP contribution in [-0.2, 0) is 17.9 Å². The van der Waals surface area contributed by atoms with Crippen molar-refractivity contribution in [3.05, 3.63) is 33.1 Å². The zero-order valence-electron chi connectivity index (χ0n) is 11.0. The van der Waals surface area contributed by atoms with E-state index in [-0.39, 0.29) is 12.5 Å². The van der Waals surface area contributed by atoms with E-state index in [1.807, 2.05) is 6.92 Å². The summed E-state index contributed by atoms with van der Waals surface area (Å²) in [6.07, 6.45) is 1.45. The first-order chi connectivity index (χ1) is 9.13. The fourth-order valence-corrected chi connectivity index (χ4v) is 2.09. The monoisotopic (exact) mass is 266 g/mol. The molecule has 1 aliphatic heterocycles. The van der Waals surface area contributed by atoms with Crippen molar-refractivity contribution in [2.75, 3.05) is 26.2 Å². The van der Waals surface area contributed by atoms with Gasteiger partial charge < -0.3 is 14.8 Å². The van der Waals surface area contributed by atoms with Gasteiger partial charge in [0, 0.05) is 45.0 Å². The first-order valence-electron chi connectivity index (χ1n) is 6.42. The summed E-state index contributed by atoms with van der Waals surface area (Å²) in [6.45, 7) is 4.82. The van der Waals surface area contributed by atoms with Crippen LogP contribution in [0.5, 0.6) is 0 Å². The second kappa shape index (κ2) is 5.83. The smallest absolute Gasteiger partial charge is 0.331 e. The highest BCUT2D eigenvalue weighted by molar-refractivity contribution is 5.76. The predicted molar refractivity (Wildman–Crippen MR) is 70.1 cm³/mol. The molecule has 2 rings (SSSR count). The summed E-state index contributed by atoms with van der Waals surface area (Å²) in [5, 5.41) is 3.15. The number of nitrogens with zero attached hydrogens (tertiary/aromatic N) is 3. The van der Waals surface area contributed by atoms with Gasteiger partial charge >= 0.3 is 5.69 Å². The van der Waals surface area contributed by atoms with E-state index in [2.05, 4.69) is 5.32 Å². The molecule has 19 heavy (non-hydrogen) atoms. The van der Waals surface area contributed by atoms with Crippen LogP contribution < -0.4 is 16.6 Å². The van der Waals surface area contributed by atoms with Crippen molar-refractivity contribution < 1.29 is 4.79 Å². The molecule has 1 aliphatic rings. The highest BCUT2D eigenvalue weighted by Crippen LogP contribution is 1.94. The fourth-order valence-electron chi connectivity index (χ4n) is 2.09. The van der Waals surface area contributed by atoms with E-state index in [1.54, 1.807) is 4.90 Å². The highest BCUT2D eigenvalue weighted by atomic mass is 16.2. The third kappa shape index (κ3) is 2.93. The normalized spacial score (nSPS) is 15.5. The van der Waals surface area contributed by atoms with Crippen LogP contribution >= 0.6 is 0 Å². The van der Waals surface area contributed by atoms with Crippen LogP contribution in [-0.4, -0.2) is 46.1 Å². The summed E-state index contributed by atoms with van der Waals surface area (Å²) in [5.74, 6) is -0.186. The number of hydrogen-bond donors (Lipinski definition) is 1. The van der Waals surface area contributed by atoms with Crippen LogP contribution in [0.15, 0.2) is 21.9 Å². The maximum absolute atomic E-state index is 12.1. The van der Waals surface area contributed by atoms with Gasteiger partial charge in [0.25, 0.3) is 5.56 Å². The molecular formula is C12H18N4O3. The van der Waals surface area contributed by atoms with Gasteiger partial charge in [-0.25, -0.2) is 4.79 Å². The van der Waals surface area contributed by atoms with E-state index in [0.29, 0.717) is 19.6 Å². The number of nitrogens with one attached hydrogen (secondary N) is 1. The zero-order chi connectivity index (χ0) is 13.8. The van der Waals surface area contributed by atoms with E-state index in [4.69, 9.17) is 0 Å². The van der Waals surface area contributed by atoms with E-state index >= 15 is 0 Å². The molecule has 7 nitrogen and oxygen atoms in total. The van der Waals surface area contributed by atoms with Gasteiger partial charge in [-0.3, -0.25) is 14.2 Å². The Bertz CT molecular complexity index is 569. The second-order valence-corrected chi connectivity index (χ2v) is 4.44. The molecule has 1 N–H and O–H groups in total. The largest absolute Gasteiger partial charge is 0.339 e. The fraction of sp³-hybridized carbons (Fsp3) is 0.583. The highest BCUT2D eigenvalue weighted by Gasteiger charge is 2.18. The average molecular weight is 266 g/mol. The third-order valence-electron chi connectivity index (χ3n) is 3.24. The second-order valence-electron chi connectivity index (χ2n) is 4.44. The molecule has 104 valence electrons. The summed E-state index contributed by atoms with van der Waals surface area (Å²) in [6, 6.07) is 1.32. The van der Waals surface area contributed by atoms with Gasteiger partial charge in [-0.1, -0.05) is 0 Å². The number of hydrogen-bond acceptors (Lipinski definition) is 4. The summed E-state index contributed by atoms with van der Waals surface area (Å²) in [4.78, 5) is 37.4. The van der Waals surface area contributed by atoms with Crippen LogP contribution in [0, 0.1) is 0 Å². The minimum absolute atomic E-state index is 0.182. The Morgan fingerprint density at radius 1 is 1.32 bits per heavy atom. The Balaban J connectivity index is 2.21. The molecule has 1 aromatic heterocycles. The SMILES string of the molecule is CCn1ccc(=O)n(CC(=O)N2CCNCC2)c1=O. The van der Waals surface area contributed by atoms with Gasteiger partial charge in [0.1, 0.15) is 6.54 Å². The number of carbonyl (C=O) groups is 1. The molecule has 1 amide bonds. The number of rotatable bonds is 3. The lowest BCUT2D eigenvalue weighted by molar-refractivity contribution is -0.132. The maximum Gasteiger partial charge on any atom is 0.331 e. The van der Waals surface area contributed by atoms with Crippen molar-refractivity contribution in [2.45, 2.75) is 20.0 Å². The van der Waals surface area contributed by atoms with Gasteiger partial charge in [-0.2, -0.15) is 0 Å². The summed E-state index contributed by atoms with van der Waals surface area (Å²) < 4.78 is 2.40. The lowest BCUT2D eigenvalue weighted by Crippen LogP contribution is -2.50. The van der Waals surface area contributed by atoms with E-state index in [9.17, 15) is 14.4 Å². The van der Waals surface area contributed by atoms with Crippen molar-refractivity contribution in [1.82, 2.24) is 19.4 Å². The maximum atomic E-state index is 12.1. The topological polar surface area (TPSA) is 76.3 Å². The standard InChI is InChI=1S/C12H18N4O3/c1-2-14-6-3-10(17)16(12(14)19)9-11(18)15-7-4-13-5-8-15/h3,6,13H,2,4-5,7-9H2,1H3. The van der Waals surface area contributed by atoms with Gasteiger partial charge in [0.2, 0.25) is 5.91 Å².